The first-order valence-corrected chi connectivity index (χ1v) is 7.97. The van der Waals surface area contributed by atoms with E-state index >= 15 is 0 Å². The fourth-order valence-corrected chi connectivity index (χ4v) is 1.77. The summed E-state index contributed by atoms with van der Waals surface area (Å²) in [6, 6.07) is 0. The molecule has 0 rings (SSSR count). The third-order valence-electron chi connectivity index (χ3n) is 2.85. The maximum Gasteiger partial charge on any atom is 0.220 e. The molecule has 0 unspecified atom stereocenters. The highest BCUT2D eigenvalue weighted by molar-refractivity contribution is 5.76. The highest BCUT2D eigenvalue weighted by Gasteiger charge is 2.34. The number of carbonyl (C=O) groups excluding carboxylic acids is 1. The Bertz CT molecular complexity index is 267. The highest BCUT2D eigenvalue weighted by atomic mass is 16.5. The van der Waals surface area contributed by atoms with E-state index in [-0.39, 0.29) is 18.1 Å². The van der Waals surface area contributed by atoms with Crippen LogP contribution in [0.3, 0.4) is 0 Å². The lowest BCUT2D eigenvalue weighted by Gasteiger charge is -2.35. The molecule has 0 aliphatic carbocycles. The Kier molecular flexibility index (Phi) is 10.6. The van der Waals surface area contributed by atoms with Gasteiger partial charge in [0.25, 0.3) is 0 Å². The second-order valence-corrected chi connectivity index (χ2v) is 5.94. The molecule has 0 aliphatic rings. The van der Waals surface area contributed by atoms with E-state index in [1.54, 1.807) is 0 Å². The van der Waals surface area contributed by atoms with Gasteiger partial charge in [0.05, 0.1) is 32.0 Å². The maximum atomic E-state index is 12.0. The van der Waals surface area contributed by atoms with E-state index in [2.05, 4.69) is 5.32 Å². The number of hydrogen-bond acceptors (Lipinski definition) is 4. The third kappa shape index (κ3) is 9.82. The molecule has 0 heterocycles. The lowest BCUT2D eigenvalue weighted by atomic mass is 10.0. The van der Waals surface area contributed by atoms with Gasteiger partial charge in [0.2, 0.25) is 5.91 Å². The van der Waals surface area contributed by atoms with Crippen LogP contribution in [0.25, 0.3) is 0 Å². The van der Waals surface area contributed by atoms with Crippen molar-refractivity contribution in [3.05, 3.63) is 0 Å². The first kappa shape index (κ1) is 20.3. The van der Waals surface area contributed by atoms with Crippen molar-refractivity contribution in [3.63, 3.8) is 0 Å². The molecule has 0 saturated heterocycles. The van der Waals surface area contributed by atoms with Crippen LogP contribution in [0.15, 0.2) is 0 Å². The molecule has 0 aromatic carbocycles. The van der Waals surface area contributed by atoms with Crippen molar-refractivity contribution in [2.45, 2.75) is 72.1 Å². The first-order chi connectivity index (χ1) is 9.85. The molecule has 0 spiro atoms. The van der Waals surface area contributed by atoms with Gasteiger partial charge in [0.15, 0.2) is 0 Å². The van der Waals surface area contributed by atoms with Crippen molar-refractivity contribution in [3.8, 4) is 0 Å². The minimum Gasteiger partial charge on any atom is -0.379 e. The van der Waals surface area contributed by atoms with Crippen molar-refractivity contribution in [2.75, 3.05) is 26.4 Å². The number of rotatable bonds is 12. The third-order valence-corrected chi connectivity index (χ3v) is 2.85. The van der Waals surface area contributed by atoms with Crippen LogP contribution < -0.4 is 5.32 Å². The topological polar surface area (TPSA) is 56.8 Å². The van der Waals surface area contributed by atoms with Crippen LogP contribution in [0.5, 0.6) is 0 Å². The molecule has 1 N–H and O–H groups in total. The van der Waals surface area contributed by atoms with Gasteiger partial charge < -0.3 is 19.5 Å². The standard InChI is InChI=1S/C16H33NO4/c1-7-9-15(18)17-16(10-19-8-2,11-20-13(3)4)12-21-14(5)6/h13-14H,7-12H2,1-6H3,(H,17,18). The molecule has 1 amide bonds. The monoisotopic (exact) mass is 303 g/mol. The van der Waals surface area contributed by atoms with Gasteiger partial charge in [-0.05, 0) is 41.0 Å². The second kappa shape index (κ2) is 11.0. The number of hydrogen-bond donors (Lipinski definition) is 1. The number of amides is 1. The van der Waals surface area contributed by atoms with Crippen LogP contribution in [0.4, 0.5) is 0 Å². The predicted molar refractivity (Wildman–Crippen MR) is 84.5 cm³/mol. The summed E-state index contributed by atoms with van der Waals surface area (Å²) in [4.78, 5) is 12.0. The average molecular weight is 303 g/mol. The summed E-state index contributed by atoms with van der Waals surface area (Å²) in [5.41, 5.74) is -0.628. The Balaban J connectivity index is 4.92. The van der Waals surface area contributed by atoms with Crippen LogP contribution >= 0.6 is 0 Å². The molecule has 0 aromatic heterocycles. The van der Waals surface area contributed by atoms with Crippen LogP contribution in [0.2, 0.25) is 0 Å². The van der Waals surface area contributed by atoms with E-state index in [4.69, 9.17) is 14.2 Å². The van der Waals surface area contributed by atoms with Crippen molar-refractivity contribution >= 4 is 5.91 Å². The maximum absolute atomic E-state index is 12.0. The molecule has 5 heteroatoms. The Morgan fingerprint density at radius 3 is 1.90 bits per heavy atom. The van der Waals surface area contributed by atoms with Crippen molar-refractivity contribution in [2.24, 2.45) is 0 Å². The lowest BCUT2D eigenvalue weighted by Crippen LogP contribution is -2.59. The summed E-state index contributed by atoms with van der Waals surface area (Å²) in [5, 5.41) is 3.06. The van der Waals surface area contributed by atoms with Crippen LogP contribution in [0.1, 0.15) is 54.4 Å². The Labute approximate surface area is 129 Å². The minimum atomic E-state index is -0.628. The lowest BCUT2D eigenvalue weighted by molar-refractivity contribution is -0.129. The molecule has 0 radical (unpaired) electrons. The van der Waals surface area contributed by atoms with Crippen LogP contribution in [-0.2, 0) is 19.0 Å². The Hall–Kier alpha value is -0.650. The summed E-state index contributed by atoms with van der Waals surface area (Å²) in [5.74, 6) is 0.0110. The summed E-state index contributed by atoms with van der Waals surface area (Å²) >= 11 is 0. The molecular weight excluding hydrogens is 270 g/mol. The fraction of sp³-hybridized carbons (Fsp3) is 0.938. The number of nitrogens with one attached hydrogen (secondary N) is 1. The molecule has 0 aliphatic heterocycles. The van der Waals surface area contributed by atoms with Gasteiger partial charge in [-0.1, -0.05) is 6.92 Å². The van der Waals surface area contributed by atoms with E-state index in [9.17, 15) is 4.79 Å². The first-order valence-electron chi connectivity index (χ1n) is 7.97. The van der Waals surface area contributed by atoms with Crippen molar-refractivity contribution < 1.29 is 19.0 Å². The smallest absolute Gasteiger partial charge is 0.220 e. The zero-order valence-corrected chi connectivity index (χ0v) is 14.5. The van der Waals surface area contributed by atoms with E-state index < -0.39 is 5.54 Å². The molecule has 0 bridgehead atoms. The van der Waals surface area contributed by atoms with Gasteiger partial charge in [-0.2, -0.15) is 0 Å². The predicted octanol–water partition coefficient (Wildman–Crippen LogP) is 2.53. The van der Waals surface area contributed by atoms with Gasteiger partial charge in [-0.3, -0.25) is 4.79 Å². The second-order valence-electron chi connectivity index (χ2n) is 5.94. The van der Waals surface area contributed by atoms with E-state index in [1.807, 2.05) is 41.5 Å². The number of carbonyl (C=O) groups is 1. The summed E-state index contributed by atoms with van der Waals surface area (Å²) in [6.07, 6.45) is 1.49. The molecular formula is C16H33NO4. The Morgan fingerprint density at radius 1 is 1.00 bits per heavy atom. The van der Waals surface area contributed by atoms with Gasteiger partial charge in [-0.15, -0.1) is 0 Å². The van der Waals surface area contributed by atoms with E-state index in [0.717, 1.165) is 6.42 Å². The minimum absolute atomic E-state index is 0.0110. The largest absolute Gasteiger partial charge is 0.379 e. The fourth-order valence-electron chi connectivity index (χ4n) is 1.77. The molecule has 5 nitrogen and oxygen atoms in total. The molecule has 0 fully saturated rings. The average Bonchev–Trinajstić information content (AvgIpc) is 2.40. The summed E-state index contributed by atoms with van der Waals surface area (Å²) in [7, 11) is 0. The summed E-state index contributed by atoms with van der Waals surface area (Å²) in [6.45, 7) is 13.6. The normalized spacial score (nSPS) is 12.2. The van der Waals surface area contributed by atoms with Crippen molar-refractivity contribution in [1.82, 2.24) is 5.32 Å². The highest BCUT2D eigenvalue weighted by Crippen LogP contribution is 2.12. The van der Waals surface area contributed by atoms with E-state index in [0.29, 0.717) is 32.8 Å². The quantitative estimate of drug-likeness (QED) is 0.602. The SMILES string of the molecule is CCCC(=O)NC(COCC)(COC(C)C)COC(C)C. The molecule has 126 valence electrons. The Morgan fingerprint density at radius 2 is 1.52 bits per heavy atom. The van der Waals surface area contributed by atoms with Crippen LogP contribution in [0, 0.1) is 0 Å². The summed E-state index contributed by atoms with van der Waals surface area (Å²) < 4.78 is 17.0. The van der Waals surface area contributed by atoms with E-state index in [1.165, 1.54) is 0 Å². The number of ether oxygens (including phenoxy) is 3. The molecule has 0 aromatic rings. The van der Waals surface area contributed by atoms with Crippen molar-refractivity contribution in [1.29, 1.82) is 0 Å². The molecule has 21 heavy (non-hydrogen) atoms. The molecule has 0 atom stereocenters. The van der Waals surface area contributed by atoms with Gasteiger partial charge >= 0.3 is 0 Å². The molecule has 0 saturated carbocycles. The van der Waals surface area contributed by atoms with Crippen LogP contribution in [-0.4, -0.2) is 50.1 Å². The van der Waals surface area contributed by atoms with Gasteiger partial charge in [0, 0.05) is 13.0 Å². The zero-order valence-electron chi connectivity index (χ0n) is 14.5. The van der Waals surface area contributed by atoms with Gasteiger partial charge in [0.1, 0.15) is 5.54 Å². The van der Waals surface area contributed by atoms with Gasteiger partial charge in [-0.25, -0.2) is 0 Å². The zero-order chi connectivity index (χ0) is 16.3.